The Bertz CT molecular complexity index is 713. The van der Waals surface area contributed by atoms with Gasteiger partial charge in [-0.1, -0.05) is 0 Å². The van der Waals surface area contributed by atoms with Crippen LogP contribution in [0, 0.1) is 0 Å². The zero-order valence-corrected chi connectivity index (χ0v) is 15.8. The average Bonchev–Trinajstić information content (AvgIpc) is 2.98. The smallest absolute Gasteiger partial charge is 0.221 e. The third-order valence-corrected chi connectivity index (χ3v) is 3.56. The molecule has 1 aromatic carbocycles. The van der Waals surface area contributed by atoms with Gasteiger partial charge in [-0.15, -0.1) is 0 Å². The van der Waals surface area contributed by atoms with E-state index in [0.29, 0.717) is 12.6 Å². The zero-order chi connectivity index (χ0) is 18.9. The van der Waals surface area contributed by atoms with Crippen molar-refractivity contribution < 1.29 is 9.53 Å². The van der Waals surface area contributed by atoms with Crippen LogP contribution < -0.4 is 21.5 Å². The van der Waals surface area contributed by atoms with Gasteiger partial charge in [0.05, 0.1) is 17.5 Å². The van der Waals surface area contributed by atoms with Crippen molar-refractivity contribution in [1.82, 2.24) is 9.55 Å². The molecule has 0 aliphatic rings. The SMILES string of the molecule is CC(=O)Nc1ccc(NCCCOC(C)C)c(NNc2nccn2C)c1. The highest BCUT2D eigenvalue weighted by atomic mass is 16.5. The second kappa shape index (κ2) is 9.67. The molecule has 0 bridgehead atoms. The molecule has 8 heteroatoms. The molecule has 0 saturated carbocycles. The van der Waals surface area contributed by atoms with Crippen molar-refractivity contribution in [2.45, 2.75) is 33.3 Å². The van der Waals surface area contributed by atoms with Gasteiger partial charge in [0.2, 0.25) is 11.9 Å². The van der Waals surface area contributed by atoms with Crippen LogP contribution in [0.5, 0.6) is 0 Å². The Morgan fingerprint density at radius 2 is 2.08 bits per heavy atom. The lowest BCUT2D eigenvalue weighted by atomic mass is 10.2. The summed E-state index contributed by atoms with van der Waals surface area (Å²) in [6.07, 6.45) is 4.71. The molecule has 142 valence electrons. The van der Waals surface area contributed by atoms with E-state index in [2.05, 4.69) is 26.5 Å². The largest absolute Gasteiger partial charge is 0.383 e. The molecule has 8 nitrogen and oxygen atoms in total. The maximum absolute atomic E-state index is 11.3. The Labute approximate surface area is 154 Å². The quantitative estimate of drug-likeness (QED) is 0.384. The van der Waals surface area contributed by atoms with Gasteiger partial charge in [0.1, 0.15) is 0 Å². The third kappa shape index (κ3) is 6.29. The number of hydrazine groups is 1. The highest BCUT2D eigenvalue weighted by Crippen LogP contribution is 2.26. The minimum atomic E-state index is -0.112. The van der Waals surface area contributed by atoms with Crippen LogP contribution in [0.15, 0.2) is 30.6 Å². The molecule has 0 aliphatic heterocycles. The second-order valence-corrected chi connectivity index (χ2v) is 6.25. The van der Waals surface area contributed by atoms with Crippen LogP contribution >= 0.6 is 0 Å². The summed E-state index contributed by atoms with van der Waals surface area (Å²) < 4.78 is 7.42. The van der Waals surface area contributed by atoms with Crippen LogP contribution in [0.1, 0.15) is 27.2 Å². The van der Waals surface area contributed by atoms with Crippen molar-refractivity contribution in [3.8, 4) is 0 Å². The molecule has 0 fully saturated rings. The molecule has 0 aliphatic carbocycles. The van der Waals surface area contributed by atoms with E-state index in [4.69, 9.17) is 4.74 Å². The Morgan fingerprint density at radius 1 is 1.27 bits per heavy atom. The number of carbonyl (C=O) groups excluding carboxylic acids is 1. The molecule has 26 heavy (non-hydrogen) atoms. The summed E-state index contributed by atoms with van der Waals surface area (Å²) in [6, 6.07) is 5.65. The van der Waals surface area contributed by atoms with Gasteiger partial charge in [-0.3, -0.25) is 15.6 Å². The van der Waals surface area contributed by atoms with E-state index in [-0.39, 0.29) is 12.0 Å². The number of anilines is 4. The number of rotatable bonds is 10. The summed E-state index contributed by atoms with van der Waals surface area (Å²) in [5.41, 5.74) is 8.67. The first-order valence-electron chi connectivity index (χ1n) is 8.72. The van der Waals surface area contributed by atoms with Gasteiger partial charge in [-0.25, -0.2) is 4.98 Å². The lowest BCUT2D eigenvalue weighted by Gasteiger charge is -2.17. The highest BCUT2D eigenvalue weighted by molar-refractivity contribution is 5.90. The fourth-order valence-corrected chi connectivity index (χ4v) is 2.31. The van der Waals surface area contributed by atoms with Crippen LogP contribution in [-0.2, 0) is 16.6 Å². The minimum Gasteiger partial charge on any atom is -0.383 e. The number of hydrogen-bond acceptors (Lipinski definition) is 6. The van der Waals surface area contributed by atoms with Crippen molar-refractivity contribution in [3.63, 3.8) is 0 Å². The molecule has 1 amide bonds. The number of hydrogen-bond donors (Lipinski definition) is 4. The summed E-state index contributed by atoms with van der Waals surface area (Å²) in [7, 11) is 1.90. The Morgan fingerprint density at radius 3 is 2.73 bits per heavy atom. The summed E-state index contributed by atoms with van der Waals surface area (Å²) in [4.78, 5) is 15.5. The fourth-order valence-electron chi connectivity index (χ4n) is 2.31. The van der Waals surface area contributed by atoms with Gasteiger partial charge in [0, 0.05) is 45.2 Å². The molecule has 1 heterocycles. The van der Waals surface area contributed by atoms with Crippen molar-refractivity contribution >= 4 is 28.9 Å². The summed E-state index contributed by atoms with van der Waals surface area (Å²) in [5, 5.41) is 6.18. The monoisotopic (exact) mass is 360 g/mol. The van der Waals surface area contributed by atoms with Crippen molar-refractivity contribution in [2.75, 3.05) is 34.6 Å². The molecule has 4 N–H and O–H groups in total. The average molecular weight is 360 g/mol. The molecule has 0 radical (unpaired) electrons. The molecule has 0 unspecified atom stereocenters. The number of nitrogens with zero attached hydrogens (tertiary/aromatic N) is 2. The van der Waals surface area contributed by atoms with Gasteiger partial charge in [0.25, 0.3) is 0 Å². The van der Waals surface area contributed by atoms with Gasteiger partial charge in [-0.2, -0.15) is 0 Å². The molecule has 2 rings (SSSR count). The first-order valence-corrected chi connectivity index (χ1v) is 8.72. The number of ether oxygens (including phenoxy) is 1. The number of aryl methyl sites for hydroxylation is 1. The fraction of sp³-hybridized carbons (Fsp3) is 0.444. The van der Waals surface area contributed by atoms with E-state index < -0.39 is 0 Å². The molecule has 0 saturated heterocycles. The predicted octanol–water partition coefficient (Wildman–Crippen LogP) is 3.04. The summed E-state index contributed by atoms with van der Waals surface area (Å²) in [5.74, 6) is 0.575. The molecule has 1 aromatic heterocycles. The molecule has 2 aromatic rings. The van der Waals surface area contributed by atoms with Crippen molar-refractivity contribution in [1.29, 1.82) is 0 Å². The first-order chi connectivity index (χ1) is 12.5. The molecule has 0 spiro atoms. The summed E-state index contributed by atoms with van der Waals surface area (Å²) in [6.45, 7) is 7.03. The number of aromatic nitrogens is 2. The Balaban J connectivity index is 2.02. The minimum absolute atomic E-state index is 0.112. The van der Waals surface area contributed by atoms with E-state index in [1.165, 1.54) is 6.92 Å². The lowest BCUT2D eigenvalue weighted by Crippen LogP contribution is -2.16. The second-order valence-electron chi connectivity index (χ2n) is 6.25. The Hall–Kier alpha value is -2.74. The van der Waals surface area contributed by atoms with Crippen molar-refractivity contribution in [3.05, 3.63) is 30.6 Å². The van der Waals surface area contributed by atoms with Crippen LogP contribution in [0.4, 0.5) is 23.0 Å². The summed E-state index contributed by atoms with van der Waals surface area (Å²) >= 11 is 0. The van der Waals surface area contributed by atoms with Crippen molar-refractivity contribution in [2.24, 2.45) is 7.05 Å². The molecular weight excluding hydrogens is 332 g/mol. The van der Waals surface area contributed by atoms with E-state index in [1.54, 1.807) is 6.20 Å². The van der Waals surface area contributed by atoms with Gasteiger partial charge >= 0.3 is 0 Å². The number of amides is 1. The van der Waals surface area contributed by atoms with Crippen LogP contribution in [0.25, 0.3) is 0 Å². The number of carbonyl (C=O) groups is 1. The number of benzene rings is 1. The standard InChI is InChI=1S/C18H28N6O2/c1-13(2)26-11-5-8-19-16-7-6-15(21-14(3)25)12-17(16)22-23-18-20-9-10-24(18)4/h6-7,9-10,12-13,19,22H,5,8,11H2,1-4H3,(H,20,23)(H,21,25). The van der Waals surface area contributed by atoms with E-state index in [1.807, 2.05) is 49.9 Å². The number of imidazole rings is 1. The topological polar surface area (TPSA) is 92.2 Å². The molecular formula is C18H28N6O2. The maximum atomic E-state index is 11.3. The maximum Gasteiger partial charge on any atom is 0.221 e. The normalized spacial score (nSPS) is 10.7. The van der Waals surface area contributed by atoms with Crippen LogP contribution in [0.3, 0.4) is 0 Å². The van der Waals surface area contributed by atoms with Gasteiger partial charge < -0.3 is 19.9 Å². The van der Waals surface area contributed by atoms with Crippen LogP contribution in [0.2, 0.25) is 0 Å². The van der Waals surface area contributed by atoms with Gasteiger partial charge in [-0.05, 0) is 38.5 Å². The Kier molecular flexibility index (Phi) is 7.28. The highest BCUT2D eigenvalue weighted by Gasteiger charge is 2.06. The molecule has 0 atom stereocenters. The van der Waals surface area contributed by atoms with Gasteiger partial charge in [0.15, 0.2) is 0 Å². The first kappa shape index (κ1) is 19.6. The van der Waals surface area contributed by atoms with E-state index >= 15 is 0 Å². The zero-order valence-electron chi connectivity index (χ0n) is 15.8. The van der Waals surface area contributed by atoms with E-state index in [9.17, 15) is 4.79 Å². The number of nitrogens with one attached hydrogen (secondary N) is 4. The lowest BCUT2D eigenvalue weighted by molar-refractivity contribution is -0.114. The van der Waals surface area contributed by atoms with Crippen LogP contribution in [-0.4, -0.2) is 34.7 Å². The third-order valence-electron chi connectivity index (χ3n) is 3.56. The predicted molar refractivity (Wildman–Crippen MR) is 105 cm³/mol. The van der Waals surface area contributed by atoms with E-state index in [0.717, 1.165) is 30.0 Å².